The molecule has 4 rings (SSSR count). The monoisotopic (exact) mass is 566 g/mol. The third-order valence-corrected chi connectivity index (χ3v) is 7.56. The van der Waals surface area contributed by atoms with Crippen LogP contribution in [0.4, 0.5) is 5.69 Å². The van der Waals surface area contributed by atoms with Gasteiger partial charge in [0.2, 0.25) is 0 Å². The highest BCUT2D eigenvalue weighted by Crippen LogP contribution is 2.30. The van der Waals surface area contributed by atoms with Gasteiger partial charge >= 0.3 is 0 Å². The van der Waals surface area contributed by atoms with Gasteiger partial charge in [-0.05, 0) is 18.2 Å². The second-order valence-corrected chi connectivity index (χ2v) is 10.5. The lowest BCUT2D eigenvalue weighted by Crippen LogP contribution is -2.38. The molecule has 2 aromatic heterocycles. The molecule has 0 bridgehead atoms. The van der Waals surface area contributed by atoms with Crippen LogP contribution in [0, 0.1) is 10.1 Å². The summed E-state index contributed by atoms with van der Waals surface area (Å²) in [6, 6.07) is 7.13. The Hall–Kier alpha value is -3.07. The lowest BCUT2D eigenvalue weighted by Gasteiger charge is -2.26. The van der Waals surface area contributed by atoms with Gasteiger partial charge < -0.3 is 9.47 Å². The molecule has 0 amide bonds. The van der Waals surface area contributed by atoms with E-state index in [0.717, 1.165) is 33.6 Å². The van der Waals surface area contributed by atoms with Crippen molar-refractivity contribution in [1.82, 2.24) is 18.9 Å². The highest BCUT2D eigenvalue weighted by Gasteiger charge is 2.27. The third kappa shape index (κ3) is 5.78. The number of pyridine rings is 1. The van der Waals surface area contributed by atoms with Gasteiger partial charge in [-0.25, -0.2) is 4.52 Å². The summed E-state index contributed by atoms with van der Waals surface area (Å²) in [5.74, 6) is 0.0193. The quantitative estimate of drug-likeness (QED) is 0.219. The Bertz CT molecular complexity index is 1360. The number of hydrogen-bond donors (Lipinski definition) is 0. The highest BCUT2D eigenvalue weighted by atomic mass is 79.9. The molecule has 12 nitrogen and oxygen atoms in total. The van der Waals surface area contributed by atoms with Gasteiger partial charge in [0.25, 0.3) is 15.7 Å². The number of morpholine rings is 1. The molecule has 1 fully saturated rings. The molecule has 0 saturated carbocycles. The number of rotatable bonds is 9. The van der Waals surface area contributed by atoms with E-state index in [9.17, 15) is 18.5 Å². The smallest absolute Gasteiger partial charge is 0.282 e. The van der Waals surface area contributed by atoms with E-state index in [1.807, 2.05) is 12.1 Å². The van der Waals surface area contributed by atoms with Gasteiger partial charge in [-0.15, -0.1) is 0 Å². The molecule has 0 N–H and O–H groups in total. The minimum atomic E-state index is -4.26. The van der Waals surface area contributed by atoms with Gasteiger partial charge in [0.1, 0.15) is 17.3 Å². The SMILES string of the molecule is CN(N=Cc1cnn2ccc(Br)cc12)S(=O)(=O)c1cc([N+](=O)[O-])ccc1OCCN1CCOCC1. The minimum Gasteiger partial charge on any atom is -0.491 e. The van der Waals surface area contributed by atoms with Crippen LogP contribution in [0.25, 0.3) is 5.52 Å². The number of nitro groups is 1. The number of ether oxygens (including phenoxy) is 2. The minimum absolute atomic E-state index is 0.0193. The molecule has 1 aliphatic heterocycles. The van der Waals surface area contributed by atoms with Crippen molar-refractivity contribution < 1.29 is 22.8 Å². The Morgan fingerprint density at radius 2 is 2.09 bits per heavy atom. The number of benzene rings is 1. The first-order valence-electron chi connectivity index (χ1n) is 10.6. The van der Waals surface area contributed by atoms with E-state index in [4.69, 9.17) is 9.47 Å². The standard InChI is InChI=1S/C21H23BrN6O6S/c1-25(23-14-16-15-24-27-5-4-17(22)12-19(16)27)35(31,32)21-13-18(28(29)30)2-3-20(21)34-11-8-26-6-9-33-10-7-26/h2-5,12-15H,6-11H2,1H3. The van der Waals surface area contributed by atoms with E-state index < -0.39 is 14.9 Å². The van der Waals surface area contributed by atoms with E-state index in [-0.39, 0.29) is 22.9 Å². The molecular formula is C21H23BrN6O6S. The first-order valence-corrected chi connectivity index (χ1v) is 12.9. The number of hydrazone groups is 1. The van der Waals surface area contributed by atoms with Crippen LogP contribution in [0.5, 0.6) is 5.75 Å². The predicted molar refractivity (Wildman–Crippen MR) is 131 cm³/mol. The molecule has 1 aliphatic rings. The lowest BCUT2D eigenvalue weighted by molar-refractivity contribution is -0.385. The molecular weight excluding hydrogens is 544 g/mol. The Morgan fingerprint density at radius 3 is 2.83 bits per heavy atom. The van der Waals surface area contributed by atoms with Crippen molar-refractivity contribution in [2.24, 2.45) is 5.10 Å². The summed E-state index contributed by atoms with van der Waals surface area (Å²) in [5, 5.41) is 19.6. The second-order valence-electron chi connectivity index (χ2n) is 7.65. The maximum atomic E-state index is 13.3. The van der Waals surface area contributed by atoms with Gasteiger partial charge in [-0.3, -0.25) is 15.0 Å². The maximum absolute atomic E-state index is 13.3. The predicted octanol–water partition coefficient (Wildman–Crippen LogP) is 2.37. The Morgan fingerprint density at radius 1 is 1.31 bits per heavy atom. The van der Waals surface area contributed by atoms with Crippen molar-refractivity contribution in [3.8, 4) is 5.75 Å². The highest BCUT2D eigenvalue weighted by molar-refractivity contribution is 9.10. The topological polar surface area (TPSA) is 132 Å². The molecule has 0 spiro atoms. The summed E-state index contributed by atoms with van der Waals surface area (Å²) in [6.07, 6.45) is 4.67. The summed E-state index contributed by atoms with van der Waals surface area (Å²) >= 11 is 3.40. The lowest BCUT2D eigenvalue weighted by atomic mass is 10.3. The number of hydrogen-bond acceptors (Lipinski definition) is 9. The molecule has 1 aromatic carbocycles. The molecule has 0 radical (unpaired) electrons. The number of aromatic nitrogens is 2. The number of nitro benzene ring substituents is 1. The van der Waals surface area contributed by atoms with Gasteiger partial charge in [-0.1, -0.05) is 15.9 Å². The van der Waals surface area contributed by atoms with Crippen molar-refractivity contribution in [1.29, 1.82) is 0 Å². The number of nitrogens with zero attached hydrogens (tertiary/aromatic N) is 6. The van der Waals surface area contributed by atoms with E-state index in [2.05, 4.69) is 31.0 Å². The van der Waals surface area contributed by atoms with Crippen LogP contribution in [-0.2, 0) is 14.8 Å². The van der Waals surface area contributed by atoms with Crippen LogP contribution in [0.2, 0.25) is 0 Å². The van der Waals surface area contributed by atoms with Crippen LogP contribution >= 0.6 is 15.9 Å². The van der Waals surface area contributed by atoms with Crippen LogP contribution in [0.3, 0.4) is 0 Å². The molecule has 14 heteroatoms. The summed E-state index contributed by atoms with van der Waals surface area (Å²) in [7, 11) is -3.01. The fourth-order valence-corrected chi connectivity index (χ4v) is 4.90. The van der Waals surface area contributed by atoms with E-state index in [1.165, 1.54) is 25.4 Å². The average molecular weight is 567 g/mol. The summed E-state index contributed by atoms with van der Waals surface area (Å²) < 4.78 is 40.9. The van der Waals surface area contributed by atoms with E-state index >= 15 is 0 Å². The Labute approximate surface area is 210 Å². The van der Waals surface area contributed by atoms with Crippen LogP contribution in [-0.4, -0.2) is 85.0 Å². The number of non-ortho nitro benzene ring substituents is 1. The number of fused-ring (bicyclic) bond motifs is 1. The number of sulfonamides is 1. The molecule has 0 aliphatic carbocycles. The molecule has 3 aromatic rings. The summed E-state index contributed by atoms with van der Waals surface area (Å²) in [6.45, 7) is 3.55. The summed E-state index contributed by atoms with van der Waals surface area (Å²) in [4.78, 5) is 12.4. The molecule has 0 unspecified atom stereocenters. The molecule has 186 valence electrons. The zero-order chi connectivity index (χ0) is 25.0. The van der Waals surface area contributed by atoms with E-state index in [1.54, 1.807) is 16.9 Å². The third-order valence-electron chi connectivity index (χ3n) is 5.41. The van der Waals surface area contributed by atoms with Crippen LogP contribution in [0.15, 0.2) is 57.2 Å². The van der Waals surface area contributed by atoms with Crippen molar-refractivity contribution in [3.63, 3.8) is 0 Å². The van der Waals surface area contributed by atoms with Crippen LogP contribution < -0.4 is 4.74 Å². The normalized spacial score (nSPS) is 15.0. The van der Waals surface area contributed by atoms with Gasteiger partial charge in [0.15, 0.2) is 0 Å². The fraction of sp³-hybridized carbons (Fsp3) is 0.333. The Kier molecular flexibility index (Phi) is 7.64. The van der Waals surface area contributed by atoms with Gasteiger partial charge in [0, 0.05) is 55.0 Å². The first kappa shape index (κ1) is 25.0. The van der Waals surface area contributed by atoms with Crippen molar-refractivity contribution in [3.05, 3.63) is 62.9 Å². The number of halogens is 1. The molecule has 35 heavy (non-hydrogen) atoms. The molecule has 3 heterocycles. The van der Waals surface area contributed by atoms with Crippen LogP contribution in [0.1, 0.15) is 5.56 Å². The second kappa shape index (κ2) is 10.7. The van der Waals surface area contributed by atoms with Crippen molar-refractivity contribution in [2.75, 3.05) is 46.5 Å². The average Bonchev–Trinajstić information content (AvgIpc) is 3.25. The van der Waals surface area contributed by atoms with E-state index in [0.29, 0.717) is 25.3 Å². The molecule has 0 atom stereocenters. The fourth-order valence-electron chi connectivity index (χ4n) is 3.46. The molecule has 1 saturated heterocycles. The maximum Gasteiger partial charge on any atom is 0.282 e. The summed E-state index contributed by atoms with van der Waals surface area (Å²) in [5.41, 5.74) is 0.944. The Balaban J connectivity index is 1.57. The zero-order valence-corrected chi connectivity index (χ0v) is 21.2. The largest absolute Gasteiger partial charge is 0.491 e. The van der Waals surface area contributed by atoms with Gasteiger partial charge in [0.05, 0.1) is 36.1 Å². The first-order chi connectivity index (χ1) is 16.8. The zero-order valence-electron chi connectivity index (χ0n) is 18.8. The van der Waals surface area contributed by atoms with Crippen molar-refractivity contribution in [2.45, 2.75) is 4.90 Å². The van der Waals surface area contributed by atoms with Crippen molar-refractivity contribution >= 4 is 43.4 Å². The van der Waals surface area contributed by atoms with Gasteiger partial charge in [-0.2, -0.15) is 23.0 Å².